The molecule has 1 aliphatic heterocycles. The van der Waals surface area contributed by atoms with Crippen molar-refractivity contribution < 1.29 is 4.79 Å². The Morgan fingerprint density at radius 1 is 0.889 bits per heavy atom. The largest absolute Gasteiger partial charge is 0.287 e. The van der Waals surface area contributed by atoms with Gasteiger partial charge in [-0.3, -0.25) is 4.79 Å². The van der Waals surface area contributed by atoms with Gasteiger partial charge >= 0.3 is 0 Å². The van der Waals surface area contributed by atoms with Gasteiger partial charge in [0.05, 0.1) is 11.3 Å². The Morgan fingerprint density at radius 3 is 2.28 bits per heavy atom. The molecule has 0 bridgehead atoms. The highest BCUT2D eigenvalue weighted by molar-refractivity contribution is 6.54. The van der Waals surface area contributed by atoms with Gasteiger partial charge in [-0.15, -0.1) is 0 Å². The van der Waals surface area contributed by atoms with Crippen LogP contribution < -0.4 is 0 Å². The fourth-order valence-electron chi connectivity index (χ4n) is 2.14. The lowest BCUT2D eigenvalue weighted by atomic mass is 10.0. The Kier molecular flexibility index (Phi) is 2.37. The molecule has 0 N–H and O–H groups in total. The van der Waals surface area contributed by atoms with Crippen molar-refractivity contribution in [2.75, 3.05) is 0 Å². The van der Waals surface area contributed by atoms with E-state index in [9.17, 15) is 4.79 Å². The van der Waals surface area contributed by atoms with Crippen molar-refractivity contribution in [1.82, 2.24) is 0 Å². The molecular weight excluding hydrogens is 222 g/mol. The monoisotopic (exact) mass is 235 g/mol. The fraction of sp³-hybridized carbons (Fsp3) is 0.125. The number of aryl methyl sites for hydroxylation is 2. The summed E-state index contributed by atoms with van der Waals surface area (Å²) in [5.41, 5.74) is 5.20. The zero-order chi connectivity index (χ0) is 12.7. The van der Waals surface area contributed by atoms with E-state index < -0.39 is 0 Å². The first-order valence-electron chi connectivity index (χ1n) is 5.96. The summed E-state index contributed by atoms with van der Waals surface area (Å²) in [6.07, 6.45) is 0. The number of hydrogen-bond donors (Lipinski definition) is 0. The molecule has 0 radical (unpaired) electrons. The molecule has 0 aliphatic carbocycles. The average Bonchev–Trinajstić information content (AvgIpc) is 2.68. The Morgan fingerprint density at radius 2 is 1.56 bits per heavy atom. The minimum Gasteiger partial charge on any atom is -0.287 e. The highest BCUT2D eigenvalue weighted by Crippen LogP contribution is 2.29. The minimum absolute atomic E-state index is 0.0255. The number of carbonyl (C=O) groups excluding carboxylic acids is 1. The van der Waals surface area contributed by atoms with E-state index in [1.165, 1.54) is 5.56 Å². The molecule has 0 fully saturated rings. The van der Waals surface area contributed by atoms with E-state index in [1.54, 1.807) is 0 Å². The molecule has 3 rings (SSSR count). The molecule has 1 heterocycles. The van der Waals surface area contributed by atoms with E-state index in [0.29, 0.717) is 11.3 Å². The van der Waals surface area contributed by atoms with Gasteiger partial charge in [0.1, 0.15) is 5.71 Å². The van der Waals surface area contributed by atoms with Gasteiger partial charge in [-0.1, -0.05) is 41.5 Å². The van der Waals surface area contributed by atoms with Gasteiger partial charge in [0.15, 0.2) is 0 Å². The van der Waals surface area contributed by atoms with Crippen LogP contribution in [0.25, 0.3) is 0 Å². The summed E-state index contributed by atoms with van der Waals surface area (Å²) in [5, 5.41) is 0. The summed E-state index contributed by atoms with van der Waals surface area (Å²) in [6, 6.07) is 13.7. The molecule has 0 amide bonds. The Balaban J connectivity index is 2.08. The van der Waals surface area contributed by atoms with Gasteiger partial charge in [0.25, 0.3) is 0 Å². The zero-order valence-corrected chi connectivity index (χ0v) is 10.4. The molecule has 2 aromatic carbocycles. The van der Waals surface area contributed by atoms with Crippen molar-refractivity contribution in [2.24, 2.45) is 4.99 Å². The Bertz CT molecular complexity index is 666. The van der Waals surface area contributed by atoms with Crippen molar-refractivity contribution in [3.8, 4) is 0 Å². The lowest BCUT2D eigenvalue weighted by Gasteiger charge is -2.00. The minimum atomic E-state index is 0.0255. The second kappa shape index (κ2) is 3.91. The quantitative estimate of drug-likeness (QED) is 0.742. The summed E-state index contributed by atoms with van der Waals surface area (Å²) >= 11 is 0. The summed E-state index contributed by atoms with van der Waals surface area (Å²) in [4.78, 5) is 16.7. The first kappa shape index (κ1) is 10.9. The number of Topliss-reactive ketones (excluding diaryl/α,β-unsaturated/α-hetero) is 1. The van der Waals surface area contributed by atoms with E-state index in [0.717, 1.165) is 16.8 Å². The maximum absolute atomic E-state index is 12.3. The third kappa shape index (κ3) is 1.66. The molecule has 2 aromatic rings. The van der Waals surface area contributed by atoms with E-state index in [2.05, 4.69) is 4.99 Å². The maximum atomic E-state index is 12.3. The number of hydrogen-bond acceptors (Lipinski definition) is 2. The lowest BCUT2D eigenvalue weighted by Crippen LogP contribution is -2.10. The molecule has 2 heteroatoms. The van der Waals surface area contributed by atoms with Gasteiger partial charge in [0.2, 0.25) is 5.78 Å². The predicted molar refractivity (Wildman–Crippen MR) is 72.9 cm³/mol. The highest BCUT2D eigenvalue weighted by Gasteiger charge is 2.25. The Labute approximate surface area is 106 Å². The molecule has 0 unspecified atom stereocenters. The third-order valence-electron chi connectivity index (χ3n) is 3.17. The van der Waals surface area contributed by atoms with E-state index in [-0.39, 0.29) is 5.78 Å². The number of nitrogens with zero attached hydrogens (tertiary/aromatic N) is 1. The summed E-state index contributed by atoms with van der Waals surface area (Å²) in [5.74, 6) is 0.0255. The molecule has 1 aliphatic rings. The first-order valence-corrected chi connectivity index (χ1v) is 5.96. The number of ketones is 1. The van der Waals surface area contributed by atoms with Crippen LogP contribution in [0.4, 0.5) is 5.69 Å². The molecule has 18 heavy (non-hydrogen) atoms. The lowest BCUT2D eigenvalue weighted by molar-refractivity contribution is 0.107. The van der Waals surface area contributed by atoms with Gasteiger partial charge in [-0.25, -0.2) is 4.99 Å². The van der Waals surface area contributed by atoms with Crippen molar-refractivity contribution >= 4 is 17.2 Å². The van der Waals surface area contributed by atoms with E-state index in [1.807, 2.05) is 56.3 Å². The summed E-state index contributed by atoms with van der Waals surface area (Å²) in [7, 11) is 0. The summed E-state index contributed by atoms with van der Waals surface area (Å²) < 4.78 is 0. The van der Waals surface area contributed by atoms with E-state index >= 15 is 0 Å². The summed E-state index contributed by atoms with van der Waals surface area (Å²) in [6.45, 7) is 4.01. The van der Waals surface area contributed by atoms with Crippen LogP contribution in [0, 0.1) is 13.8 Å². The van der Waals surface area contributed by atoms with Crippen LogP contribution in [0.3, 0.4) is 0 Å². The Hall–Kier alpha value is -2.22. The van der Waals surface area contributed by atoms with Crippen LogP contribution in [0.15, 0.2) is 47.5 Å². The van der Waals surface area contributed by atoms with Crippen LogP contribution in [-0.4, -0.2) is 11.5 Å². The van der Waals surface area contributed by atoms with Gasteiger partial charge in [-0.2, -0.15) is 0 Å². The maximum Gasteiger partial charge on any atom is 0.214 e. The molecule has 0 aromatic heterocycles. The highest BCUT2D eigenvalue weighted by atomic mass is 16.1. The molecule has 0 saturated carbocycles. The van der Waals surface area contributed by atoms with Crippen molar-refractivity contribution in [3.63, 3.8) is 0 Å². The molecule has 0 spiro atoms. The zero-order valence-electron chi connectivity index (χ0n) is 10.4. The van der Waals surface area contributed by atoms with Crippen molar-refractivity contribution in [2.45, 2.75) is 13.8 Å². The van der Waals surface area contributed by atoms with Gasteiger partial charge < -0.3 is 0 Å². The number of carbonyl (C=O) groups is 1. The molecule has 88 valence electrons. The number of benzene rings is 2. The standard InChI is InChI=1S/C16H13NO/c1-10-3-6-12(7-4-10)15-16(18)13-9-11(2)5-8-14(13)17-15/h3-9H,1-2H3. The second-order valence-corrected chi connectivity index (χ2v) is 4.68. The third-order valence-corrected chi connectivity index (χ3v) is 3.17. The van der Waals surface area contributed by atoms with Crippen LogP contribution >= 0.6 is 0 Å². The average molecular weight is 235 g/mol. The number of aliphatic imine (C=N–C) groups is 1. The fourth-order valence-corrected chi connectivity index (χ4v) is 2.14. The smallest absolute Gasteiger partial charge is 0.214 e. The van der Waals surface area contributed by atoms with Crippen molar-refractivity contribution in [1.29, 1.82) is 0 Å². The van der Waals surface area contributed by atoms with Gasteiger partial charge in [0, 0.05) is 5.56 Å². The number of fused-ring (bicyclic) bond motifs is 1. The van der Waals surface area contributed by atoms with Gasteiger partial charge in [-0.05, 0) is 26.0 Å². The topological polar surface area (TPSA) is 29.4 Å². The normalized spacial score (nSPS) is 13.4. The molecule has 0 saturated heterocycles. The molecule has 0 atom stereocenters. The van der Waals surface area contributed by atoms with Crippen molar-refractivity contribution in [3.05, 3.63) is 64.7 Å². The van der Waals surface area contributed by atoms with Crippen LogP contribution in [0.5, 0.6) is 0 Å². The second-order valence-electron chi connectivity index (χ2n) is 4.68. The first-order chi connectivity index (χ1) is 8.65. The van der Waals surface area contributed by atoms with Crippen LogP contribution in [0.1, 0.15) is 27.0 Å². The SMILES string of the molecule is Cc1ccc(C2=Nc3ccc(C)cc3C2=O)cc1. The molecular formula is C16H13NO. The van der Waals surface area contributed by atoms with Crippen LogP contribution in [0.2, 0.25) is 0 Å². The number of rotatable bonds is 1. The predicted octanol–water partition coefficient (Wildman–Crippen LogP) is 3.62. The molecule has 2 nitrogen and oxygen atoms in total. The van der Waals surface area contributed by atoms with E-state index in [4.69, 9.17) is 0 Å². The van der Waals surface area contributed by atoms with Crippen LogP contribution in [-0.2, 0) is 0 Å².